The lowest BCUT2D eigenvalue weighted by Crippen LogP contribution is -2.16. The summed E-state index contributed by atoms with van der Waals surface area (Å²) in [5.74, 6) is 1.21. The number of rotatable bonds is 9. The van der Waals surface area contributed by atoms with E-state index >= 15 is 0 Å². The Morgan fingerprint density at radius 2 is 1.73 bits per heavy atom. The van der Waals surface area contributed by atoms with Crippen molar-refractivity contribution in [2.24, 2.45) is 0 Å². The van der Waals surface area contributed by atoms with E-state index in [-0.39, 0.29) is 5.75 Å². The largest absolute Gasteiger partial charge is 0.496 e. The van der Waals surface area contributed by atoms with Gasteiger partial charge < -0.3 is 19.5 Å². The summed E-state index contributed by atoms with van der Waals surface area (Å²) in [6.07, 6.45) is -4.54. The molecule has 1 aromatic carbocycles. The molecule has 126 valence electrons. The van der Waals surface area contributed by atoms with Crippen molar-refractivity contribution in [3.8, 4) is 17.2 Å². The highest BCUT2D eigenvalue weighted by Crippen LogP contribution is 2.35. The Hall–Kier alpha value is -1.63. The first kappa shape index (κ1) is 18.4. The Bertz CT molecular complexity index is 464. The van der Waals surface area contributed by atoms with E-state index < -0.39 is 19.2 Å². The number of nitrogens with one attached hydrogen (secondary N) is 1. The minimum Gasteiger partial charge on any atom is -0.496 e. The molecule has 4 nitrogen and oxygen atoms in total. The van der Waals surface area contributed by atoms with Crippen LogP contribution in [0.1, 0.15) is 18.9 Å². The third kappa shape index (κ3) is 6.01. The van der Waals surface area contributed by atoms with E-state index in [9.17, 15) is 13.2 Å². The molecule has 1 rings (SSSR count). The summed E-state index contributed by atoms with van der Waals surface area (Å²) in [7, 11) is 2.96. The highest BCUT2D eigenvalue weighted by atomic mass is 19.4. The van der Waals surface area contributed by atoms with Gasteiger partial charge in [-0.1, -0.05) is 6.92 Å². The minimum absolute atomic E-state index is 0.246. The van der Waals surface area contributed by atoms with Gasteiger partial charge in [-0.2, -0.15) is 13.2 Å². The average molecular weight is 321 g/mol. The predicted octanol–water partition coefficient (Wildman–Crippen LogP) is 3.19. The maximum absolute atomic E-state index is 12.2. The molecule has 0 atom stereocenters. The second-order valence-corrected chi connectivity index (χ2v) is 4.63. The lowest BCUT2D eigenvalue weighted by molar-refractivity contribution is -0.139. The molecule has 0 aliphatic rings. The van der Waals surface area contributed by atoms with Crippen LogP contribution in [0.4, 0.5) is 13.2 Å². The van der Waals surface area contributed by atoms with Crippen molar-refractivity contribution >= 4 is 0 Å². The van der Waals surface area contributed by atoms with Crippen molar-refractivity contribution < 1.29 is 27.4 Å². The molecule has 0 spiro atoms. The zero-order valence-corrected chi connectivity index (χ0v) is 13.0. The van der Waals surface area contributed by atoms with E-state index in [1.165, 1.54) is 14.2 Å². The Labute approximate surface area is 128 Å². The van der Waals surface area contributed by atoms with Crippen LogP contribution in [0.25, 0.3) is 0 Å². The highest BCUT2D eigenvalue weighted by Gasteiger charge is 2.27. The summed E-state index contributed by atoms with van der Waals surface area (Å²) in [4.78, 5) is 0. The maximum atomic E-state index is 12.2. The number of methoxy groups -OCH3 is 2. The van der Waals surface area contributed by atoms with E-state index in [1.807, 2.05) is 6.92 Å². The summed E-state index contributed by atoms with van der Waals surface area (Å²) in [5, 5.41) is 3.20. The molecule has 0 heterocycles. The Morgan fingerprint density at radius 1 is 1.05 bits per heavy atom. The fourth-order valence-corrected chi connectivity index (χ4v) is 1.92. The number of likely N-dealkylation sites (N-methyl/N-ethyl adjacent to an activating group) is 1. The van der Waals surface area contributed by atoms with E-state index in [1.54, 1.807) is 12.1 Å². The number of halogens is 3. The van der Waals surface area contributed by atoms with E-state index in [0.717, 1.165) is 25.1 Å². The number of ether oxygens (including phenoxy) is 3. The number of hydrogen-bond donors (Lipinski definition) is 1. The van der Waals surface area contributed by atoms with Crippen LogP contribution in [-0.4, -0.2) is 40.1 Å². The van der Waals surface area contributed by atoms with Crippen LogP contribution >= 0.6 is 0 Å². The first-order valence-corrected chi connectivity index (χ1v) is 7.06. The number of benzene rings is 1. The molecule has 1 N–H and O–H groups in total. The topological polar surface area (TPSA) is 39.7 Å². The maximum Gasteiger partial charge on any atom is 0.392 e. The third-order valence-corrected chi connectivity index (χ3v) is 3.03. The van der Waals surface area contributed by atoms with Crippen molar-refractivity contribution in [3.63, 3.8) is 0 Å². The van der Waals surface area contributed by atoms with Gasteiger partial charge in [0, 0.05) is 6.07 Å². The van der Waals surface area contributed by atoms with Crippen molar-refractivity contribution in [2.45, 2.75) is 25.9 Å². The first-order valence-electron chi connectivity index (χ1n) is 7.06. The molecule has 0 aliphatic carbocycles. The zero-order chi connectivity index (χ0) is 16.6. The number of hydrogen-bond acceptors (Lipinski definition) is 4. The van der Waals surface area contributed by atoms with Crippen LogP contribution < -0.4 is 19.5 Å². The molecule has 0 saturated carbocycles. The number of alkyl halides is 3. The summed E-state index contributed by atoms with van der Waals surface area (Å²) < 4.78 is 52.2. The van der Waals surface area contributed by atoms with E-state index in [2.05, 4.69) is 5.32 Å². The van der Waals surface area contributed by atoms with Crippen LogP contribution in [0.3, 0.4) is 0 Å². The molecule has 0 bridgehead atoms. The van der Waals surface area contributed by atoms with Gasteiger partial charge in [-0.25, -0.2) is 0 Å². The van der Waals surface area contributed by atoms with Gasteiger partial charge in [0.15, 0.2) is 11.5 Å². The molecule has 7 heteroatoms. The van der Waals surface area contributed by atoms with Crippen LogP contribution in [-0.2, 0) is 6.42 Å². The van der Waals surface area contributed by atoms with Crippen LogP contribution in [0.2, 0.25) is 0 Å². The molecular weight excluding hydrogens is 299 g/mol. The van der Waals surface area contributed by atoms with E-state index in [4.69, 9.17) is 14.2 Å². The molecule has 0 aromatic heterocycles. The van der Waals surface area contributed by atoms with Gasteiger partial charge >= 0.3 is 6.18 Å². The third-order valence-electron chi connectivity index (χ3n) is 3.03. The second-order valence-electron chi connectivity index (χ2n) is 4.63. The Kier molecular flexibility index (Phi) is 7.31. The predicted molar refractivity (Wildman–Crippen MR) is 78.0 cm³/mol. The molecule has 0 unspecified atom stereocenters. The van der Waals surface area contributed by atoms with Gasteiger partial charge in [0.05, 0.1) is 27.2 Å². The Balaban J connectivity index is 2.84. The lowest BCUT2D eigenvalue weighted by Gasteiger charge is -2.16. The monoisotopic (exact) mass is 321 g/mol. The summed E-state index contributed by atoms with van der Waals surface area (Å²) in [5.41, 5.74) is 0.906. The van der Waals surface area contributed by atoms with Gasteiger partial charge in [-0.05, 0) is 31.1 Å². The molecular formula is C15H22F3NO3. The zero-order valence-electron chi connectivity index (χ0n) is 13.0. The summed E-state index contributed by atoms with van der Waals surface area (Å²) >= 11 is 0. The van der Waals surface area contributed by atoms with Crippen LogP contribution in [0, 0.1) is 0 Å². The van der Waals surface area contributed by atoms with Crippen molar-refractivity contribution in [2.75, 3.05) is 33.9 Å². The van der Waals surface area contributed by atoms with Gasteiger partial charge in [0.2, 0.25) is 0 Å². The average Bonchev–Trinajstić information content (AvgIpc) is 2.46. The highest BCUT2D eigenvalue weighted by molar-refractivity contribution is 5.50. The summed E-state index contributed by atoms with van der Waals surface area (Å²) in [6.45, 7) is 3.18. The van der Waals surface area contributed by atoms with Crippen molar-refractivity contribution in [1.29, 1.82) is 0 Å². The molecule has 1 aromatic rings. The van der Waals surface area contributed by atoms with Crippen molar-refractivity contribution in [3.05, 3.63) is 17.7 Å². The lowest BCUT2D eigenvalue weighted by atomic mass is 10.1. The van der Waals surface area contributed by atoms with E-state index in [0.29, 0.717) is 11.5 Å². The quantitative estimate of drug-likeness (QED) is 0.709. The van der Waals surface area contributed by atoms with Gasteiger partial charge in [0.25, 0.3) is 0 Å². The van der Waals surface area contributed by atoms with Crippen LogP contribution in [0.5, 0.6) is 17.2 Å². The fourth-order valence-electron chi connectivity index (χ4n) is 1.92. The molecule has 0 radical (unpaired) electrons. The summed E-state index contributed by atoms with van der Waals surface area (Å²) in [6, 6.07) is 3.30. The smallest absolute Gasteiger partial charge is 0.392 e. The van der Waals surface area contributed by atoms with Gasteiger partial charge in [0.1, 0.15) is 5.75 Å². The molecule has 0 saturated heterocycles. The van der Waals surface area contributed by atoms with Crippen LogP contribution in [0.15, 0.2) is 12.1 Å². The molecule has 0 fully saturated rings. The van der Waals surface area contributed by atoms with Gasteiger partial charge in [-0.3, -0.25) is 0 Å². The fraction of sp³-hybridized carbons (Fsp3) is 0.600. The van der Waals surface area contributed by atoms with Crippen molar-refractivity contribution in [1.82, 2.24) is 5.32 Å². The van der Waals surface area contributed by atoms with Gasteiger partial charge in [-0.15, -0.1) is 0 Å². The Morgan fingerprint density at radius 3 is 2.27 bits per heavy atom. The first-order chi connectivity index (χ1) is 10.4. The molecule has 0 amide bonds. The normalized spacial score (nSPS) is 11.4. The molecule has 22 heavy (non-hydrogen) atoms. The minimum atomic E-state index is -4.25. The second kappa shape index (κ2) is 8.73. The SMILES string of the molecule is CCNCCc1cc(OC)c(OCCC(F)(F)F)cc1OC. The standard InChI is InChI=1S/C15H22F3NO3/c1-4-19-7-5-11-9-13(21-3)14(10-12(11)20-2)22-8-6-15(16,17)18/h9-10,19H,4-8H2,1-3H3. The molecule has 0 aliphatic heterocycles.